The third-order valence-corrected chi connectivity index (χ3v) is 5.84. The van der Waals surface area contributed by atoms with Crippen LogP contribution in [-0.4, -0.2) is 42.1 Å². The van der Waals surface area contributed by atoms with Gasteiger partial charge < -0.3 is 20.0 Å². The van der Waals surface area contributed by atoms with Gasteiger partial charge in [-0.15, -0.1) is 11.3 Å². The lowest BCUT2D eigenvalue weighted by atomic mass is 10.1. The van der Waals surface area contributed by atoms with Crippen LogP contribution in [0.1, 0.15) is 10.7 Å². The standard InChI is InChI=1S/C21H19N5O2S/c27-20(25-16-12-23-5-3-17(16)26-8-6-22-7-9-26)21-24-13-18(28-21)14-1-2-19-15(11-14)4-10-29-19/h1-5,10-13,22H,6-9H2,(H,25,27). The maximum atomic E-state index is 12.7. The molecule has 3 aromatic heterocycles. The van der Waals surface area contributed by atoms with E-state index in [0.717, 1.165) is 42.8 Å². The van der Waals surface area contributed by atoms with Gasteiger partial charge in [-0.25, -0.2) is 4.98 Å². The molecule has 4 heterocycles. The number of thiophene rings is 1. The van der Waals surface area contributed by atoms with E-state index in [9.17, 15) is 4.79 Å². The molecule has 1 amide bonds. The average molecular weight is 405 g/mol. The number of fused-ring (bicyclic) bond motifs is 1. The summed E-state index contributed by atoms with van der Waals surface area (Å²) in [6, 6.07) is 10.0. The molecule has 1 aliphatic heterocycles. The normalized spacial score (nSPS) is 14.3. The van der Waals surface area contributed by atoms with Crippen LogP contribution in [0.3, 0.4) is 0 Å². The van der Waals surface area contributed by atoms with Crippen LogP contribution >= 0.6 is 11.3 Å². The molecule has 146 valence electrons. The van der Waals surface area contributed by atoms with Gasteiger partial charge in [0.15, 0.2) is 5.76 Å². The van der Waals surface area contributed by atoms with Crippen LogP contribution in [-0.2, 0) is 0 Å². The van der Waals surface area contributed by atoms with Gasteiger partial charge in [0.05, 0.1) is 23.8 Å². The number of aromatic nitrogens is 2. The molecule has 0 spiro atoms. The van der Waals surface area contributed by atoms with Gasteiger partial charge >= 0.3 is 5.91 Å². The molecule has 1 aliphatic rings. The number of nitrogens with one attached hydrogen (secondary N) is 2. The Morgan fingerprint density at radius 3 is 2.97 bits per heavy atom. The Morgan fingerprint density at radius 2 is 2.07 bits per heavy atom. The van der Waals surface area contributed by atoms with E-state index in [2.05, 4.69) is 36.9 Å². The smallest absolute Gasteiger partial charge is 0.311 e. The number of oxazole rings is 1. The lowest BCUT2D eigenvalue weighted by molar-refractivity contribution is 0.0991. The molecule has 29 heavy (non-hydrogen) atoms. The van der Waals surface area contributed by atoms with E-state index >= 15 is 0 Å². The van der Waals surface area contributed by atoms with Crippen molar-refractivity contribution in [3.8, 4) is 11.3 Å². The van der Waals surface area contributed by atoms with Gasteiger partial charge in [-0.05, 0) is 41.1 Å². The Hall–Kier alpha value is -3.23. The Balaban J connectivity index is 1.37. The monoisotopic (exact) mass is 405 g/mol. The van der Waals surface area contributed by atoms with Crippen molar-refractivity contribution in [2.24, 2.45) is 0 Å². The first-order valence-electron chi connectivity index (χ1n) is 9.42. The number of piperazine rings is 1. The van der Waals surface area contributed by atoms with Crippen molar-refractivity contribution in [2.45, 2.75) is 0 Å². The Morgan fingerprint density at radius 1 is 1.17 bits per heavy atom. The van der Waals surface area contributed by atoms with Crippen molar-refractivity contribution < 1.29 is 9.21 Å². The molecule has 0 unspecified atom stereocenters. The van der Waals surface area contributed by atoms with Crippen LogP contribution in [0.25, 0.3) is 21.4 Å². The molecule has 1 saturated heterocycles. The second-order valence-electron chi connectivity index (χ2n) is 6.79. The summed E-state index contributed by atoms with van der Waals surface area (Å²) < 4.78 is 6.96. The van der Waals surface area contributed by atoms with E-state index in [4.69, 9.17) is 4.42 Å². The summed E-state index contributed by atoms with van der Waals surface area (Å²) in [6.07, 6.45) is 4.98. The summed E-state index contributed by atoms with van der Waals surface area (Å²) in [5.74, 6) is 0.203. The lowest BCUT2D eigenvalue weighted by Gasteiger charge is -2.30. The van der Waals surface area contributed by atoms with Crippen LogP contribution in [0.2, 0.25) is 0 Å². The van der Waals surface area contributed by atoms with Crippen LogP contribution in [0.4, 0.5) is 11.4 Å². The maximum absolute atomic E-state index is 12.7. The number of pyridine rings is 1. The molecule has 2 N–H and O–H groups in total. The number of carbonyl (C=O) groups is 1. The highest BCUT2D eigenvalue weighted by Crippen LogP contribution is 2.29. The number of carbonyl (C=O) groups excluding carboxylic acids is 1. The van der Waals surface area contributed by atoms with Crippen LogP contribution < -0.4 is 15.5 Å². The van der Waals surface area contributed by atoms with Gasteiger partial charge in [-0.2, -0.15) is 0 Å². The van der Waals surface area contributed by atoms with E-state index < -0.39 is 5.91 Å². The Bertz CT molecular complexity index is 1160. The number of nitrogens with zero attached hydrogens (tertiary/aromatic N) is 3. The molecule has 8 heteroatoms. The van der Waals surface area contributed by atoms with Crippen LogP contribution in [0, 0.1) is 0 Å². The number of rotatable bonds is 4. The van der Waals surface area contributed by atoms with Gasteiger partial charge in [0.25, 0.3) is 5.89 Å². The highest BCUT2D eigenvalue weighted by molar-refractivity contribution is 7.17. The fourth-order valence-electron chi connectivity index (χ4n) is 3.47. The largest absolute Gasteiger partial charge is 0.432 e. The second-order valence-corrected chi connectivity index (χ2v) is 7.73. The maximum Gasteiger partial charge on any atom is 0.311 e. The van der Waals surface area contributed by atoms with E-state index in [0.29, 0.717) is 11.4 Å². The molecular formula is C21H19N5O2S. The predicted molar refractivity (Wildman–Crippen MR) is 115 cm³/mol. The summed E-state index contributed by atoms with van der Waals surface area (Å²) in [7, 11) is 0. The predicted octanol–water partition coefficient (Wildman–Crippen LogP) is 3.61. The molecule has 5 rings (SSSR count). The SMILES string of the molecule is O=C(Nc1cnccc1N1CCNCC1)c1ncc(-c2ccc3sccc3c2)o1. The van der Waals surface area contributed by atoms with Crippen molar-refractivity contribution in [1.29, 1.82) is 0 Å². The summed E-state index contributed by atoms with van der Waals surface area (Å²) >= 11 is 1.69. The minimum absolute atomic E-state index is 0.0283. The molecule has 4 aromatic rings. The molecule has 7 nitrogen and oxygen atoms in total. The number of benzene rings is 1. The molecule has 0 atom stereocenters. The Kier molecular flexibility index (Phi) is 4.71. The van der Waals surface area contributed by atoms with Gasteiger partial charge in [0, 0.05) is 42.6 Å². The van der Waals surface area contributed by atoms with E-state index in [1.165, 1.54) is 4.70 Å². The minimum atomic E-state index is -0.391. The highest BCUT2D eigenvalue weighted by Gasteiger charge is 2.19. The summed E-state index contributed by atoms with van der Waals surface area (Å²) in [5, 5.41) is 9.42. The Labute approximate surface area is 171 Å². The quantitative estimate of drug-likeness (QED) is 0.540. The molecule has 0 aliphatic carbocycles. The summed E-state index contributed by atoms with van der Waals surface area (Å²) in [6.45, 7) is 3.57. The third kappa shape index (κ3) is 3.59. The van der Waals surface area contributed by atoms with E-state index in [-0.39, 0.29) is 5.89 Å². The van der Waals surface area contributed by atoms with Crippen molar-refractivity contribution >= 4 is 38.7 Å². The summed E-state index contributed by atoms with van der Waals surface area (Å²) in [5.41, 5.74) is 2.49. The summed E-state index contributed by atoms with van der Waals surface area (Å²) in [4.78, 5) is 23.3. The number of anilines is 2. The first-order chi connectivity index (χ1) is 14.3. The minimum Gasteiger partial charge on any atom is -0.432 e. The molecule has 1 aromatic carbocycles. The van der Waals surface area contributed by atoms with Crippen molar-refractivity contribution in [3.05, 3.63) is 60.2 Å². The number of hydrogen-bond acceptors (Lipinski definition) is 7. The van der Waals surface area contributed by atoms with Crippen molar-refractivity contribution in [3.63, 3.8) is 0 Å². The van der Waals surface area contributed by atoms with Gasteiger partial charge in [-0.3, -0.25) is 9.78 Å². The topological polar surface area (TPSA) is 83.3 Å². The van der Waals surface area contributed by atoms with Gasteiger partial charge in [-0.1, -0.05) is 0 Å². The average Bonchev–Trinajstić information content (AvgIpc) is 3.44. The first-order valence-corrected chi connectivity index (χ1v) is 10.3. The van der Waals surface area contributed by atoms with E-state index in [1.54, 1.807) is 29.9 Å². The number of amides is 1. The highest BCUT2D eigenvalue weighted by atomic mass is 32.1. The zero-order valence-corrected chi connectivity index (χ0v) is 16.4. The zero-order chi connectivity index (χ0) is 19.6. The molecule has 0 saturated carbocycles. The molecule has 0 bridgehead atoms. The van der Waals surface area contributed by atoms with Crippen LogP contribution in [0.5, 0.6) is 0 Å². The van der Waals surface area contributed by atoms with Crippen LogP contribution in [0.15, 0.2) is 58.7 Å². The van der Waals surface area contributed by atoms with Gasteiger partial charge in [0.2, 0.25) is 0 Å². The molecule has 1 fully saturated rings. The lowest BCUT2D eigenvalue weighted by Crippen LogP contribution is -2.43. The fraction of sp³-hybridized carbons (Fsp3) is 0.190. The first kappa shape index (κ1) is 17.8. The van der Waals surface area contributed by atoms with Gasteiger partial charge in [0.1, 0.15) is 0 Å². The van der Waals surface area contributed by atoms with E-state index in [1.807, 2.05) is 24.3 Å². The molecule has 0 radical (unpaired) electrons. The second kappa shape index (κ2) is 7.65. The molecular weight excluding hydrogens is 386 g/mol. The van der Waals surface area contributed by atoms with Crippen molar-refractivity contribution in [2.75, 3.05) is 36.4 Å². The fourth-order valence-corrected chi connectivity index (χ4v) is 4.24. The zero-order valence-electron chi connectivity index (χ0n) is 15.6. The van der Waals surface area contributed by atoms with Crippen molar-refractivity contribution in [1.82, 2.24) is 15.3 Å². The third-order valence-electron chi connectivity index (χ3n) is 4.94. The number of hydrogen-bond donors (Lipinski definition) is 2.